The molecule has 0 saturated heterocycles. The molecule has 2 heteroatoms. The number of hydrogen-bond acceptors (Lipinski definition) is 2. The zero-order valence-electron chi connectivity index (χ0n) is 10.0. The Morgan fingerprint density at radius 3 is 2.62 bits per heavy atom. The van der Waals surface area contributed by atoms with E-state index in [2.05, 4.69) is 12.1 Å². The van der Waals surface area contributed by atoms with E-state index in [1.807, 2.05) is 19.1 Å². The summed E-state index contributed by atoms with van der Waals surface area (Å²) in [5.74, 6) is 1.00. The summed E-state index contributed by atoms with van der Waals surface area (Å²) in [4.78, 5) is 0. The maximum absolute atomic E-state index is 6.40. The Kier molecular flexibility index (Phi) is 3.49. The lowest BCUT2D eigenvalue weighted by Gasteiger charge is -2.24. The summed E-state index contributed by atoms with van der Waals surface area (Å²) < 4.78 is 5.64. The van der Waals surface area contributed by atoms with Crippen molar-refractivity contribution in [3.8, 4) is 5.75 Å². The minimum atomic E-state index is 0.00715. The molecular weight excluding hydrogens is 198 g/mol. The van der Waals surface area contributed by atoms with Gasteiger partial charge in [0.15, 0.2) is 0 Å². The van der Waals surface area contributed by atoms with Gasteiger partial charge >= 0.3 is 0 Å². The third-order valence-electron chi connectivity index (χ3n) is 3.41. The second-order valence-electron chi connectivity index (χ2n) is 4.79. The van der Waals surface area contributed by atoms with Crippen LogP contribution < -0.4 is 10.5 Å². The van der Waals surface area contributed by atoms with Crippen molar-refractivity contribution in [2.45, 2.75) is 44.6 Å². The number of para-hydroxylation sites is 1. The molecule has 1 aliphatic carbocycles. The fourth-order valence-corrected chi connectivity index (χ4v) is 2.58. The van der Waals surface area contributed by atoms with E-state index in [0.717, 1.165) is 25.0 Å². The molecular formula is C14H21NO. The third kappa shape index (κ3) is 2.56. The van der Waals surface area contributed by atoms with Crippen LogP contribution in [0.25, 0.3) is 0 Å². The van der Waals surface area contributed by atoms with Gasteiger partial charge in [0.05, 0.1) is 6.61 Å². The summed E-state index contributed by atoms with van der Waals surface area (Å²) in [6.45, 7) is 2.74. The first-order chi connectivity index (χ1) is 7.73. The fraction of sp³-hybridized carbons (Fsp3) is 0.571. The van der Waals surface area contributed by atoms with Crippen LogP contribution in [0.5, 0.6) is 5.75 Å². The molecule has 0 spiro atoms. The smallest absolute Gasteiger partial charge is 0.122 e. The molecule has 2 N–H and O–H groups in total. The molecule has 0 atom stereocenters. The number of benzene rings is 1. The summed E-state index contributed by atoms with van der Waals surface area (Å²) in [5, 5.41) is 0. The van der Waals surface area contributed by atoms with Gasteiger partial charge in [0.1, 0.15) is 5.75 Å². The first-order valence-electron chi connectivity index (χ1n) is 6.23. The SMILES string of the molecule is CCOc1ccccc1CC1(N)CCCC1. The number of rotatable bonds is 4. The van der Waals surface area contributed by atoms with Gasteiger partial charge in [-0.25, -0.2) is 0 Å². The number of ether oxygens (including phenoxy) is 1. The lowest BCUT2D eigenvalue weighted by Crippen LogP contribution is -2.38. The first-order valence-corrected chi connectivity index (χ1v) is 6.23. The van der Waals surface area contributed by atoms with Crippen LogP contribution in [0.3, 0.4) is 0 Å². The zero-order valence-corrected chi connectivity index (χ0v) is 10.0. The van der Waals surface area contributed by atoms with Crippen molar-refractivity contribution < 1.29 is 4.74 Å². The van der Waals surface area contributed by atoms with E-state index < -0.39 is 0 Å². The zero-order chi connectivity index (χ0) is 11.4. The number of nitrogens with two attached hydrogens (primary N) is 1. The lowest BCUT2D eigenvalue weighted by molar-refractivity contribution is 0.331. The van der Waals surface area contributed by atoms with Gasteiger partial charge in [-0.1, -0.05) is 31.0 Å². The molecule has 0 radical (unpaired) electrons. The highest BCUT2D eigenvalue weighted by Crippen LogP contribution is 2.32. The second kappa shape index (κ2) is 4.88. The standard InChI is InChI=1S/C14H21NO/c1-2-16-13-8-4-3-7-12(13)11-14(15)9-5-6-10-14/h3-4,7-8H,2,5-6,9-11,15H2,1H3. The Bertz CT molecular complexity index is 342. The molecule has 0 aromatic heterocycles. The molecule has 2 nitrogen and oxygen atoms in total. The molecule has 0 bridgehead atoms. The van der Waals surface area contributed by atoms with Crippen molar-refractivity contribution in [1.82, 2.24) is 0 Å². The Hall–Kier alpha value is -1.02. The van der Waals surface area contributed by atoms with Gasteiger partial charge in [0.2, 0.25) is 0 Å². The van der Waals surface area contributed by atoms with Gasteiger partial charge in [-0.2, -0.15) is 0 Å². The van der Waals surface area contributed by atoms with Gasteiger partial charge in [-0.3, -0.25) is 0 Å². The highest BCUT2D eigenvalue weighted by atomic mass is 16.5. The van der Waals surface area contributed by atoms with Crippen LogP contribution in [0.2, 0.25) is 0 Å². The lowest BCUT2D eigenvalue weighted by atomic mass is 9.90. The number of hydrogen-bond donors (Lipinski definition) is 1. The minimum absolute atomic E-state index is 0.00715. The van der Waals surface area contributed by atoms with E-state index >= 15 is 0 Å². The van der Waals surface area contributed by atoms with Crippen LogP contribution in [-0.2, 0) is 6.42 Å². The van der Waals surface area contributed by atoms with Crippen LogP contribution in [0.15, 0.2) is 24.3 Å². The van der Waals surface area contributed by atoms with Crippen LogP contribution in [-0.4, -0.2) is 12.1 Å². The van der Waals surface area contributed by atoms with E-state index in [-0.39, 0.29) is 5.54 Å². The molecule has 0 unspecified atom stereocenters. The predicted molar refractivity (Wildman–Crippen MR) is 66.7 cm³/mol. The molecule has 1 fully saturated rings. The van der Waals surface area contributed by atoms with Gasteiger partial charge in [-0.05, 0) is 37.8 Å². The van der Waals surface area contributed by atoms with Crippen molar-refractivity contribution in [3.05, 3.63) is 29.8 Å². The summed E-state index contributed by atoms with van der Waals surface area (Å²) in [6.07, 6.45) is 5.78. The van der Waals surface area contributed by atoms with Gasteiger partial charge in [-0.15, -0.1) is 0 Å². The van der Waals surface area contributed by atoms with Crippen molar-refractivity contribution in [2.75, 3.05) is 6.61 Å². The molecule has 0 amide bonds. The van der Waals surface area contributed by atoms with Crippen LogP contribution in [0, 0.1) is 0 Å². The van der Waals surface area contributed by atoms with Gasteiger partial charge in [0, 0.05) is 5.54 Å². The van der Waals surface area contributed by atoms with Gasteiger partial charge < -0.3 is 10.5 Å². The van der Waals surface area contributed by atoms with E-state index in [1.54, 1.807) is 0 Å². The molecule has 1 aliphatic rings. The third-order valence-corrected chi connectivity index (χ3v) is 3.41. The Morgan fingerprint density at radius 2 is 1.94 bits per heavy atom. The quantitative estimate of drug-likeness (QED) is 0.845. The normalized spacial score (nSPS) is 18.6. The van der Waals surface area contributed by atoms with Crippen LogP contribution >= 0.6 is 0 Å². The minimum Gasteiger partial charge on any atom is -0.494 e. The average molecular weight is 219 g/mol. The maximum atomic E-state index is 6.40. The van der Waals surface area contributed by atoms with Crippen LogP contribution in [0.1, 0.15) is 38.2 Å². The molecule has 1 saturated carbocycles. The monoisotopic (exact) mass is 219 g/mol. The molecule has 88 valence electrons. The molecule has 1 aromatic carbocycles. The molecule has 0 heterocycles. The predicted octanol–water partition coefficient (Wildman–Crippen LogP) is 2.90. The van der Waals surface area contributed by atoms with E-state index in [9.17, 15) is 0 Å². The molecule has 0 aliphatic heterocycles. The largest absolute Gasteiger partial charge is 0.494 e. The first kappa shape index (κ1) is 11.5. The van der Waals surface area contributed by atoms with E-state index in [1.165, 1.54) is 18.4 Å². The van der Waals surface area contributed by atoms with Crippen molar-refractivity contribution in [2.24, 2.45) is 5.73 Å². The maximum Gasteiger partial charge on any atom is 0.122 e. The molecule has 2 rings (SSSR count). The Balaban J connectivity index is 2.13. The summed E-state index contributed by atoms with van der Waals surface area (Å²) in [7, 11) is 0. The summed E-state index contributed by atoms with van der Waals surface area (Å²) in [5.41, 5.74) is 7.67. The van der Waals surface area contributed by atoms with E-state index in [4.69, 9.17) is 10.5 Å². The Labute approximate surface area is 97.8 Å². The van der Waals surface area contributed by atoms with Crippen molar-refractivity contribution >= 4 is 0 Å². The highest BCUT2D eigenvalue weighted by molar-refractivity contribution is 5.34. The second-order valence-corrected chi connectivity index (χ2v) is 4.79. The van der Waals surface area contributed by atoms with E-state index in [0.29, 0.717) is 6.61 Å². The summed E-state index contributed by atoms with van der Waals surface area (Å²) >= 11 is 0. The molecule has 16 heavy (non-hydrogen) atoms. The van der Waals surface area contributed by atoms with Crippen molar-refractivity contribution in [1.29, 1.82) is 0 Å². The average Bonchev–Trinajstić information content (AvgIpc) is 2.68. The topological polar surface area (TPSA) is 35.2 Å². The fourth-order valence-electron chi connectivity index (χ4n) is 2.58. The Morgan fingerprint density at radius 1 is 1.25 bits per heavy atom. The van der Waals surface area contributed by atoms with Crippen LogP contribution in [0.4, 0.5) is 0 Å². The molecule has 1 aromatic rings. The summed E-state index contributed by atoms with van der Waals surface area (Å²) in [6, 6.07) is 8.26. The van der Waals surface area contributed by atoms with Crippen molar-refractivity contribution in [3.63, 3.8) is 0 Å². The van der Waals surface area contributed by atoms with Gasteiger partial charge in [0.25, 0.3) is 0 Å². The highest BCUT2D eigenvalue weighted by Gasteiger charge is 2.30.